The number of aryl methyl sites for hydroxylation is 1. The van der Waals surface area contributed by atoms with Crippen molar-refractivity contribution in [3.8, 4) is 0 Å². The fraction of sp³-hybridized carbons (Fsp3) is 0.600. The molecule has 9 heteroatoms. The average molecular weight is 376 g/mol. The topological polar surface area (TPSA) is 95.6 Å². The summed E-state index contributed by atoms with van der Waals surface area (Å²) in [6, 6.07) is 4.17. The van der Waals surface area contributed by atoms with Gasteiger partial charge in [0.25, 0.3) is 0 Å². The molecule has 1 aromatic carbocycles. The molecule has 1 aliphatic rings. The van der Waals surface area contributed by atoms with Crippen molar-refractivity contribution in [2.24, 2.45) is 0 Å². The van der Waals surface area contributed by atoms with Crippen molar-refractivity contribution in [3.63, 3.8) is 0 Å². The highest BCUT2D eigenvalue weighted by Gasteiger charge is 2.19. The van der Waals surface area contributed by atoms with E-state index < -0.39 is 19.9 Å². The second-order valence-electron chi connectivity index (χ2n) is 6.04. The van der Waals surface area contributed by atoms with E-state index in [1.165, 1.54) is 18.2 Å². The third-order valence-electron chi connectivity index (χ3n) is 4.03. The Hall–Kier alpha value is -1.00. The Kier molecular flexibility index (Phi) is 6.38. The van der Waals surface area contributed by atoms with Crippen molar-refractivity contribution in [1.29, 1.82) is 0 Å². The molecule has 1 fully saturated rings. The number of nitrogens with one attached hydrogen (secondary N) is 2. The van der Waals surface area contributed by atoms with Crippen LogP contribution in [-0.2, 0) is 19.9 Å². The Balaban J connectivity index is 1.99. The van der Waals surface area contributed by atoms with E-state index in [1.54, 1.807) is 6.92 Å². The van der Waals surface area contributed by atoms with Crippen LogP contribution in [0.4, 0.5) is 0 Å². The van der Waals surface area contributed by atoms with Crippen LogP contribution in [0.1, 0.15) is 12.0 Å². The quantitative estimate of drug-likeness (QED) is 0.650. The lowest BCUT2D eigenvalue weighted by Gasteiger charge is -2.27. The van der Waals surface area contributed by atoms with Crippen molar-refractivity contribution in [2.45, 2.75) is 23.1 Å². The first kappa shape index (κ1) is 19.3. The third-order valence-corrected chi connectivity index (χ3v) is 6.74. The average Bonchev–Trinajstić information content (AvgIpc) is 2.52. The Bertz CT molecular complexity index is 770. The molecule has 1 heterocycles. The van der Waals surface area contributed by atoms with Crippen LogP contribution in [0, 0.1) is 6.92 Å². The molecule has 0 radical (unpaired) electrons. The van der Waals surface area contributed by atoms with Gasteiger partial charge in [-0.2, -0.15) is 0 Å². The zero-order chi connectivity index (χ0) is 17.8. The number of hydrogen-bond acceptors (Lipinski definition) is 6. The van der Waals surface area contributed by atoms with Crippen LogP contribution in [0.2, 0.25) is 0 Å². The summed E-state index contributed by atoms with van der Waals surface area (Å²) in [6.45, 7) is 6.69. The van der Waals surface area contributed by atoms with E-state index in [0.717, 1.165) is 39.0 Å². The molecule has 0 unspecified atom stereocenters. The molecule has 0 aliphatic carbocycles. The number of sulfonamides is 1. The highest BCUT2D eigenvalue weighted by atomic mass is 32.2. The normalized spacial score (nSPS) is 17.1. The highest BCUT2D eigenvalue weighted by molar-refractivity contribution is 7.91. The molecule has 0 bridgehead atoms. The van der Waals surface area contributed by atoms with Gasteiger partial charge in [-0.1, -0.05) is 6.07 Å². The molecule has 1 aliphatic heterocycles. The van der Waals surface area contributed by atoms with Gasteiger partial charge in [-0.3, -0.25) is 0 Å². The van der Waals surface area contributed by atoms with Gasteiger partial charge in [0.15, 0.2) is 9.84 Å². The minimum Gasteiger partial charge on any atom is -0.314 e. The summed E-state index contributed by atoms with van der Waals surface area (Å²) in [5, 5.41) is 3.27. The van der Waals surface area contributed by atoms with Crippen LogP contribution in [0.5, 0.6) is 0 Å². The first-order valence-corrected chi connectivity index (χ1v) is 11.3. The van der Waals surface area contributed by atoms with Crippen LogP contribution in [-0.4, -0.2) is 67.3 Å². The molecule has 2 rings (SSSR count). The Morgan fingerprint density at radius 1 is 1.17 bits per heavy atom. The van der Waals surface area contributed by atoms with Crippen LogP contribution in [0.15, 0.2) is 28.0 Å². The number of piperazine rings is 1. The van der Waals surface area contributed by atoms with Gasteiger partial charge in [0.05, 0.1) is 9.79 Å². The molecule has 0 saturated carbocycles. The Labute approximate surface area is 144 Å². The zero-order valence-corrected chi connectivity index (χ0v) is 15.7. The summed E-state index contributed by atoms with van der Waals surface area (Å²) in [6.07, 6.45) is 1.78. The van der Waals surface area contributed by atoms with Crippen LogP contribution in [0.25, 0.3) is 0 Å². The van der Waals surface area contributed by atoms with Gasteiger partial charge in [-0.15, -0.1) is 0 Å². The summed E-state index contributed by atoms with van der Waals surface area (Å²) in [7, 11) is -7.17. The van der Waals surface area contributed by atoms with E-state index in [2.05, 4.69) is 14.9 Å². The molecule has 7 nitrogen and oxygen atoms in total. The summed E-state index contributed by atoms with van der Waals surface area (Å²) in [5.74, 6) is 0. The smallest absolute Gasteiger partial charge is 0.240 e. The minimum absolute atomic E-state index is 0.00860. The van der Waals surface area contributed by atoms with Gasteiger partial charge < -0.3 is 10.2 Å². The van der Waals surface area contributed by atoms with Crippen molar-refractivity contribution in [3.05, 3.63) is 23.8 Å². The first-order chi connectivity index (χ1) is 11.2. The van der Waals surface area contributed by atoms with Crippen molar-refractivity contribution >= 4 is 19.9 Å². The lowest BCUT2D eigenvalue weighted by atomic mass is 10.2. The maximum Gasteiger partial charge on any atom is 0.240 e. The third kappa shape index (κ3) is 5.25. The van der Waals surface area contributed by atoms with Gasteiger partial charge in [0.1, 0.15) is 0 Å². The zero-order valence-electron chi connectivity index (χ0n) is 14.1. The van der Waals surface area contributed by atoms with Crippen molar-refractivity contribution < 1.29 is 16.8 Å². The molecule has 0 atom stereocenters. The molecule has 24 heavy (non-hydrogen) atoms. The van der Waals surface area contributed by atoms with Crippen LogP contribution >= 0.6 is 0 Å². The highest BCUT2D eigenvalue weighted by Crippen LogP contribution is 2.20. The molecule has 136 valence electrons. The van der Waals surface area contributed by atoms with Crippen molar-refractivity contribution in [1.82, 2.24) is 14.9 Å². The Morgan fingerprint density at radius 2 is 1.83 bits per heavy atom. The molecule has 2 N–H and O–H groups in total. The van der Waals surface area contributed by atoms with Gasteiger partial charge in [0.2, 0.25) is 10.0 Å². The van der Waals surface area contributed by atoms with E-state index in [0.29, 0.717) is 18.5 Å². The van der Waals surface area contributed by atoms with Gasteiger partial charge in [0, 0.05) is 39.0 Å². The summed E-state index contributed by atoms with van der Waals surface area (Å²) in [4.78, 5) is 2.32. The van der Waals surface area contributed by atoms with Gasteiger partial charge in [-0.05, 0) is 37.6 Å². The maximum absolute atomic E-state index is 12.5. The fourth-order valence-corrected chi connectivity index (χ4v) is 4.69. The first-order valence-electron chi connectivity index (χ1n) is 7.93. The standard InChI is InChI=1S/C15H25N3O4S2/c1-13-4-5-14(23(2,19)20)12-15(13)24(21,22)17-6-3-9-18-10-7-16-8-11-18/h4-5,12,16-17H,3,6-11H2,1-2H3. The van der Waals surface area contributed by atoms with E-state index in [4.69, 9.17) is 0 Å². The number of hydrogen-bond donors (Lipinski definition) is 2. The molecule has 0 aromatic heterocycles. The van der Waals surface area contributed by atoms with Gasteiger partial charge in [-0.25, -0.2) is 21.6 Å². The molecule has 1 aromatic rings. The van der Waals surface area contributed by atoms with E-state index >= 15 is 0 Å². The van der Waals surface area contributed by atoms with Crippen molar-refractivity contribution in [2.75, 3.05) is 45.5 Å². The largest absolute Gasteiger partial charge is 0.314 e. The number of sulfone groups is 1. The van der Waals surface area contributed by atoms with E-state index in [9.17, 15) is 16.8 Å². The molecule has 0 amide bonds. The number of benzene rings is 1. The lowest BCUT2D eigenvalue weighted by molar-refractivity contribution is 0.239. The molecule has 0 spiro atoms. The summed E-state index contributed by atoms with van der Waals surface area (Å²) in [5.41, 5.74) is 0.525. The number of nitrogens with zero attached hydrogens (tertiary/aromatic N) is 1. The molecular formula is C15H25N3O4S2. The predicted molar refractivity (Wildman–Crippen MR) is 93.4 cm³/mol. The molecular weight excluding hydrogens is 350 g/mol. The summed E-state index contributed by atoms with van der Waals surface area (Å²) < 4.78 is 50.7. The fourth-order valence-electron chi connectivity index (χ4n) is 2.62. The van der Waals surface area contributed by atoms with Crippen LogP contribution < -0.4 is 10.0 Å². The minimum atomic E-state index is -3.72. The maximum atomic E-state index is 12.5. The Morgan fingerprint density at radius 3 is 2.46 bits per heavy atom. The second-order valence-corrected chi connectivity index (χ2v) is 9.79. The van der Waals surface area contributed by atoms with Crippen LogP contribution in [0.3, 0.4) is 0 Å². The van der Waals surface area contributed by atoms with E-state index in [-0.39, 0.29) is 9.79 Å². The monoisotopic (exact) mass is 375 g/mol. The van der Waals surface area contributed by atoms with Gasteiger partial charge >= 0.3 is 0 Å². The molecule has 1 saturated heterocycles. The summed E-state index contributed by atoms with van der Waals surface area (Å²) >= 11 is 0. The van der Waals surface area contributed by atoms with E-state index in [1.807, 2.05) is 0 Å². The number of rotatable bonds is 7. The lowest BCUT2D eigenvalue weighted by Crippen LogP contribution is -2.44. The predicted octanol–water partition coefficient (Wildman–Crippen LogP) is -0.0279. The second kappa shape index (κ2) is 7.92. The SMILES string of the molecule is Cc1ccc(S(C)(=O)=O)cc1S(=O)(=O)NCCCN1CCNCC1.